The Labute approximate surface area is 163 Å². The van der Waals surface area contributed by atoms with Gasteiger partial charge in [0.2, 0.25) is 15.9 Å². The van der Waals surface area contributed by atoms with E-state index in [9.17, 15) is 13.2 Å². The third-order valence-electron chi connectivity index (χ3n) is 4.17. The van der Waals surface area contributed by atoms with Crippen LogP contribution in [0.3, 0.4) is 0 Å². The molecule has 0 aliphatic carbocycles. The van der Waals surface area contributed by atoms with Crippen molar-refractivity contribution in [1.29, 1.82) is 0 Å². The molecule has 138 valence electrons. The second-order valence-electron chi connectivity index (χ2n) is 6.11. The van der Waals surface area contributed by atoms with Crippen molar-refractivity contribution in [2.24, 2.45) is 0 Å². The van der Waals surface area contributed by atoms with Crippen LogP contribution in [0.1, 0.15) is 18.4 Å². The Morgan fingerprint density at radius 1 is 1.04 bits per heavy atom. The number of sulfonamides is 1. The Kier molecular flexibility index (Phi) is 5.87. The summed E-state index contributed by atoms with van der Waals surface area (Å²) < 4.78 is 26.7. The highest BCUT2D eigenvalue weighted by Crippen LogP contribution is 2.24. The van der Waals surface area contributed by atoms with Crippen molar-refractivity contribution in [3.8, 4) is 0 Å². The van der Waals surface area contributed by atoms with Crippen molar-refractivity contribution in [3.63, 3.8) is 0 Å². The SMILES string of the molecule is O=C(Cc1ccc(Cl)c(Cl)c1)Nc1cccc(S(=O)(=O)N2CCCC2)c1. The Hall–Kier alpha value is -1.60. The van der Waals surface area contributed by atoms with Crippen molar-refractivity contribution in [2.75, 3.05) is 18.4 Å². The maximum atomic E-state index is 12.6. The monoisotopic (exact) mass is 412 g/mol. The fourth-order valence-electron chi connectivity index (χ4n) is 2.85. The van der Waals surface area contributed by atoms with Gasteiger partial charge in [-0.05, 0) is 48.7 Å². The molecule has 0 bridgehead atoms. The predicted molar refractivity (Wildman–Crippen MR) is 103 cm³/mol. The molecular formula is C18H18Cl2N2O3S. The maximum Gasteiger partial charge on any atom is 0.243 e. The molecule has 1 amide bonds. The van der Waals surface area contributed by atoms with Crippen LogP contribution < -0.4 is 5.32 Å². The summed E-state index contributed by atoms with van der Waals surface area (Å²) >= 11 is 11.8. The van der Waals surface area contributed by atoms with Gasteiger partial charge in [-0.25, -0.2) is 8.42 Å². The molecule has 3 rings (SSSR count). The van der Waals surface area contributed by atoms with E-state index in [0.717, 1.165) is 18.4 Å². The molecule has 2 aromatic carbocycles. The van der Waals surface area contributed by atoms with Gasteiger partial charge < -0.3 is 5.32 Å². The number of anilines is 1. The molecule has 1 heterocycles. The highest BCUT2D eigenvalue weighted by molar-refractivity contribution is 7.89. The molecule has 5 nitrogen and oxygen atoms in total. The first-order valence-electron chi connectivity index (χ1n) is 8.20. The summed E-state index contributed by atoms with van der Waals surface area (Å²) in [5.41, 5.74) is 1.16. The van der Waals surface area contributed by atoms with Gasteiger partial charge in [0.1, 0.15) is 0 Å². The molecule has 2 aromatic rings. The number of nitrogens with zero attached hydrogens (tertiary/aromatic N) is 1. The quantitative estimate of drug-likeness (QED) is 0.807. The first kappa shape index (κ1) is 19.2. The molecular weight excluding hydrogens is 395 g/mol. The van der Waals surface area contributed by atoms with Crippen molar-refractivity contribution < 1.29 is 13.2 Å². The second kappa shape index (κ2) is 7.96. The molecule has 1 aliphatic rings. The number of halogens is 2. The molecule has 0 aromatic heterocycles. The van der Waals surface area contributed by atoms with E-state index in [1.165, 1.54) is 10.4 Å². The zero-order valence-electron chi connectivity index (χ0n) is 13.9. The van der Waals surface area contributed by atoms with Crippen molar-refractivity contribution in [2.45, 2.75) is 24.2 Å². The first-order chi connectivity index (χ1) is 12.4. The number of hydrogen-bond acceptors (Lipinski definition) is 3. The highest BCUT2D eigenvalue weighted by atomic mass is 35.5. The van der Waals surface area contributed by atoms with Crippen LogP contribution >= 0.6 is 23.2 Å². The molecule has 8 heteroatoms. The van der Waals surface area contributed by atoms with Crippen LogP contribution in [-0.4, -0.2) is 31.7 Å². The summed E-state index contributed by atoms with van der Waals surface area (Å²) in [6, 6.07) is 11.3. The van der Waals surface area contributed by atoms with Crippen LogP contribution in [0.4, 0.5) is 5.69 Å². The van der Waals surface area contributed by atoms with Gasteiger partial charge in [0.15, 0.2) is 0 Å². The molecule has 1 fully saturated rings. The van der Waals surface area contributed by atoms with Crippen molar-refractivity contribution >= 4 is 44.8 Å². The van der Waals surface area contributed by atoms with Crippen LogP contribution in [0, 0.1) is 0 Å². The molecule has 0 radical (unpaired) electrons. The summed E-state index contributed by atoms with van der Waals surface area (Å²) in [7, 11) is -3.52. The zero-order valence-corrected chi connectivity index (χ0v) is 16.2. The number of amides is 1. The average molecular weight is 413 g/mol. The van der Waals surface area contributed by atoms with E-state index in [-0.39, 0.29) is 17.2 Å². The number of carbonyl (C=O) groups excluding carboxylic acids is 1. The van der Waals surface area contributed by atoms with E-state index in [2.05, 4.69) is 5.32 Å². The van der Waals surface area contributed by atoms with Crippen molar-refractivity contribution in [1.82, 2.24) is 4.31 Å². The fraction of sp³-hybridized carbons (Fsp3) is 0.278. The minimum absolute atomic E-state index is 0.111. The summed E-state index contributed by atoms with van der Waals surface area (Å²) in [5, 5.41) is 3.54. The summed E-state index contributed by atoms with van der Waals surface area (Å²) in [5.74, 6) is -0.265. The number of hydrogen-bond donors (Lipinski definition) is 1. The lowest BCUT2D eigenvalue weighted by Crippen LogP contribution is -2.28. The van der Waals surface area contributed by atoms with Crippen LogP contribution in [0.25, 0.3) is 0 Å². The smallest absolute Gasteiger partial charge is 0.243 e. The molecule has 1 saturated heterocycles. The molecule has 26 heavy (non-hydrogen) atoms. The predicted octanol–water partition coefficient (Wildman–Crippen LogP) is 3.96. The van der Waals surface area contributed by atoms with Crippen LogP contribution in [0.2, 0.25) is 10.0 Å². The Balaban J connectivity index is 1.72. The average Bonchev–Trinajstić information content (AvgIpc) is 3.14. The second-order valence-corrected chi connectivity index (χ2v) is 8.86. The van der Waals surface area contributed by atoms with Crippen molar-refractivity contribution in [3.05, 3.63) is 58.1 Å². The van der Waals surface area contributed by atoms with E-state index in [0.29, 0.717) is 28.8 Å². The standard InChI is InChI=1S/C18H18Cl2N2O3S/c19-16-7-6-13(10-17(16)20)11-18(23)21-14-4-3-5-15(12-14)26(24,25)22-8-1-2-9-22/h3-7,10,12H,1-2,8-9,11H2,(H,21,23). The van der Waals surface area contributed by atoms with E-state index in [1.807, 2.05) is 0 Å². The fourth-order valence-corrected chi connectivity index (χ4v) is 4.74. The molecule has 0 saturated carbocycles. The number of nitrogens with one attached hydrogen (secondary N) is 1. The van der Waals surface area contributed by atoms with Gasteiger partial charge in [-0.2, -0.15) is 4.31 Å². The normalized spacial score (nSPS) is 15.2. The van der Waals surface area contributed by atoms with E-state index < -0.39 is 10.0 Å². The Bertz CT molecular complexity index is 926. The van der Waals surface area contributed by atoms with Gasteiger partial charge in [0.25, 0.3) is 0 Å². The van der Waals surface area contributed by atoms with Gasteiger partial charge in [0, 0.05) is 18.8 Å². The lowest BCUT2D eigenvalue weighted by Gasteiger charge is -2.16. The zero-order chi connectivity index (χ0) is 18.7. The Morgan fingerprint density at radius 2 is 1.77 bits per heavy atom. The molecule has 1 N–H and O–H groups in total. The third kappa shape index (κ3) is 4.38. The van der Waals surface area contributed by atoms with Gasteiger partial charge in [-0.1, -0.05) is 35.3 Å². The summed E-state index contributed by atoms with van der Waals surface area (Å²) in [6.45, 7) is 1.08. The van der Waals surface area contributed by atoms with E-state index >= 15 is 0 Å². The van der Waals surface area contributed by atoms with E-state index in [4.69, 9.17) is 23.2 Å². The van der Waals surface area contributed by atoms with Gasteiger partial charge in [-0.15, -0.1) is 0 Å². The molecule has 0 atom stereocenters. The van der Waals surface area contributed by atoms with E-state index in [1.54, 1.807) is 36.4 Å². The van der Waals surface area contributed by atoms with Gasteiger partial charge >= 0.3 is 0 Å². The van der Waals surface area contributed by atoms with Crippen LogP contribution in [0.5, 0.6) is 0 Å². The lowest BCUT2D eigenvalue weighted by atomic mass is 10.1. The number of benzene rings is 2. The first-order valence-corrected chi connectivity index (χ1v) is 10.4. The highest BCUT2D eigenvalue weighted by Gasteiger charge is 2.27. The van der Waals surface area contributed by atoms with Crippen LogP contribution in [-0.2, 0) is 21.2 Å². The Morgan fingerprint density at radius 3 is 2.46 bits per heavy atom. The van der Waals surface area contributed by atoms with Gasteiger partial charge in [-0.3, -0.25) is 4.79 Å². The molecule has 1 aliphatic heterocycles. The van der Waals surface area contributed by atoms with Gasteiger partial charge in [0.05, 0.1) is 21.4 Å². The number of rotatable bonds is 5. The summed E-state index contributed by atoms with van der Waals surface area (Å²) in [6.07, 6.45) is 1.86. The minimum Gasteiger partial charge on any atom is -0.326 e. The summed E-state index contributed by atoms with van der Waals surface area (Å²) in [4.78, 5) is 12.4. The lowest BCUT2D eigenvalue weighted by molar-refractivity contribution is -0.115. The van der Waals surface area contributed by atoms with Crippen LogP contribution in [0.15, 0.2) is 47.4 Å². The maximum absolute atomic E-state index is 12.6. The number of carbonyl (C=O) groups is 1. The topological polar surface area (TPSA) is 66.5 Å². The third-order valence-corrected chi connectivity index (χ3v) is 6.80. The minimum atomic E-state index is -3.52. The molecule has 0 unspecified atom stereocenters. The largest absolute Gasteiger partial charge is 0.326 e. The molecule has 0 spiro atoms.